The van der Waals surface area contributed by atoms with Crippen molar-refractivity contribution >= 4 is 23.0 Å². The topological polar surface area (TPSA) is 53.9 Å². The van der Waals surface area contributed by atoms with Crippen LogP contribution >= 0.6 is 0 Å². The molecule has 1 amide bonds. The van der Waals surface area contributed by atoms with E-state index in [0.29, 0.717) is 12.1 Å². The molecule has 0 spiro atoms. The fraction of sp³-hybridized carbons (Fsp3) is 0.364. The highest BCUT2D eigenvalue weighted by Gasteiger charge is 2.28. The molecule has 1 fully saturated rings. The Morgan fingerprint density at radius 2 is 1.67 bits per heavy atom. The van der Waals surface area contributed by atoms with E-state index in [-0.39, 0.29) is 12.0 Å². The Hall–Kier alpha value is -2.82. The van der Waals surface area contributed by atoms with Gasteiger partial charge in [-0.1, -0.05) is 60.5 Å². The molecule has 0 radical (unpaired) electrons. The predicted molar refractivity (Wildman–Crippen MR) is 108 cm³/mol. The molecule has 2 aliphatic rings. The van der Waals surface area contributed by atoms with Gasteiger partial charge in [-0.3, -0.25) is 4.79 Å². The van der Waals surface area contributed by atoms with E-state index in [1.165, 1.54) is 25.7 Å². The Bertz CT molecular complexity index is 811. The van der Waals surface area contributed by atoms with Crippen molar-refractivity contribution in [1.29, 1.82) is 0 Å². The maximum Gasteiger partial charge on any atom is 0.273 e. The van der Waals surface area contributed by atoms with Crippen molar-refractivity contribution in [3.05, 3.63) is 60.2 Å². The van der Waals surface area contributed by atoms with Gasteiger partial charge in [-0.05, 0) is 30.5 Å². The van der Waals surface area contributed by atoms with Crippen LogP contribution in [0.2, 0.25) is 0 Å². The Morgan fingerprint density at radius 1 is 0.963 bits per heavy atom. The fourth-order valence-electron chi connectivity index (χ4n) is 3.72. The first-order valence-corrected chi connectivity index (χ1v) is 9.74. The first-order chi connectivity index (χ1) is 13.3. The minimum Gasteiger partial charge on any atom is -0.387 e. The van der Waals surface area contributed by atoms with E-state index in [4.69, 9.17) is 4.84 Å². The van der Waals surface area contributed by atoms with Crippen LogP contribution in [0.1, 0.15) is 43.8 Å². The number of nitrogens with zero attached hydrogens (tertiary/aromatic N) is 2. The number of anilines is 2. The highest BCUT2D eigenvalue weighted by molar-refractivity contribution is 6.43. The smallest absolute Gasteiger partial charge is 0.273 e. The van der Waals surface area contributed by atoms with Gasteiger partial charge in [0.1, 0.15) is 5.71 Å². The van der Waals surface area contributed by atoms with Crippen molar-refractivity contribution in [3.8, 4) is 0 Å². The minimum atomic E-state index is -0.187. The summed E-state index contributed by atoms with van der Waals surface area (Å²) in [5.74, 6) is -0.185. The minimum absolute atomic E-state index is 0.185. The van der Waals surface area contributed by atoms with Crippen LogP contribution in [0.15, 0.2) is 59.8 Å². The molecular formula is C22H25N3O2. The van der Waals surface area contributed by atoms with Gasteiger partial charge in [0.15, 0.2) is 6.10 Å². The summed E-state index contributed by atoms with van der Waals surface area (Å²) in [5, 5.41) is 7.09. The number of carbonyl (C=O) groups is 1. The zero-order valence-electron chi connectivity index (χ0n) is 15.4. The van der Waals surface area contributed by atoms with Gasteiger partial charge < -0.3 is 15.1 Å². The maximum atomic E-state index is 12.8. The van der Waals surface area contributed by atoms with Gasteiger partial charge in [-0.2, -0.15) is 0 Å². The van der Waals surface area contributed by atoms with Crippen LogP contribution in [0.25, 0.3) is 0 Å². The summed E-state index contributed by atoms with van der Waals surface area (Å²) in [6.07, 6.45) is 5.25. The van der Waals surface area contributed by atoms with E-state index in [2.05, 4.69) is 21.4 Å². The number of carbonyl (C=O) groups excluding carboxylic acids is 1. The number of benzene rings is 2. The molecule has 2 aromatic rings. The molecule has 0 bridgehead atoms. The zero-order valence-corrected chi connectivity index (χ0v) is 15.4. The monoisotopic (exact) mass is 363 g/mol. The molecule has 140 valence electrons. The largest absolute Gasteiger partial charge is 0.387 e. The number of nitrogens with one attached hydrogen (secondary N) is 1. The van der Waals surface area contributed by atoms with Gasteiger partial charge in [-0.15, -0.1) is 0 Å². The van der Waals surface area contributed by atoms with Gasteiger partial charge in [-0.25, -0.2) is 0 Å². The molecule has 2 heterocycles. The van der Waals surface area contributed by atoms with E-state index < -0.39 is 0 Å². The van der Waals surface area contributed by atoms with Crippen LogP contribution < -0.4 is 10.2 Å². The molecule has 2 aliphatic heterocycles. The van der Waals surface area contributed by atoms with Crippen molar-refractivity contribution in [1.82, 2.24) is 0 Å². The number of hydrogen-bond acceptors (Lipinski definition) is 4. The Morgan fingerprint density at radius 3 is 2.44 bits per heavy atom. The van der Waals surface area contributed by atoms with Crippen molar-refractivity contribution in [3.63, 3.8) is 0 Å². The normalized spacial score (nSPS) is 19.8. The molecular weight excluding hydrogens is 338 g/mol. The van der Waals surface area contributed by atoms with E-state index in [0.717, 1.165) is 30.0 Å². The molecule has 5 nitrogen and oxygen atoms in total. The van der Waals surface area contributed by atoms with Crippen LogP contribution in [0.3, 0.4) is 0 Å². The fourth-order valence-corrected chi connectivity index (χ4v) is 3.72. The van der Waals surface area contributed by atoms with Crippen LogP contribution in [0.5, 0.6) is 0 Å². The first kappa shape index (κ1) is 17.6. The summed E-state index contributed by atoms with van der Waals surface area (Å²) in [7, 11) is 0. The lowest BCUT2D eigenvalue weighted by Gasteiger charge is -2.25. The lowest BCUT2D eigenvalue weighted by molar-refractivity contribution is -0.110. The number of oxime groups is 1. The second-order valence-electron chi connectivity index (χ2n) is 7.12. The first-order valence-electron chi connectivity index (χ1n) is 9.74. The summed E-state index contributed by atoms with van der Waals surface area (Å²) < 4.78 is 0. The standard InChI is InChI=1S/C22H25N3O2/c26-22(19-16-21(27-24-19)17-10-4-3-5-11-17)23-18-12-6-7-13-20(18)25-14-8-1-2-9-15-25/h3-7,10-13,21H,1-2,8-9,14-16H2,(H,23,26). The third-order valence-corrected chi connectivity index (χ3v) is 5.20. The van der Waals surface area contributed by atoms with Crippen molar-refractivity contribution < 1.29 is 9.63 Å². The molecule has 4 rings (SSSR count). The van der Waals surface area contributed by atoms with Crippen molar-refractivity contribution in [2.45, 2.75) is 38.2 Å². The summed E-state index contributed by atoms with van der Waals surface area (Å²) >= 11 is 0. The van der Waals surface area contributed by atoms with Gasteiger partial charge in [0.2, 0.25) is 0 Å². The quantitative estimate of drug-likeness (QED) is 0.869. The van der Waals surface area contributed by atoms with Crippen LogP contribution in [0.4, 0.5) is 11.4 Å². The third kappa shape index (κ3) is 4.13. The summed E-state index contributed by atoms with van der Waals surface area (Å²) in [5.41, 5.74) is 3.41. The summed E-state index contributed by atoms with van der Waals surface area (Å²) in [6, 6.07) is 17.9. The average Bonchev–Trinajstić information content (AvgIpc) is 3.06. The zero-order chi connectivity index (χ0) is 18.5. The van der Waals surface area contributed by atoms with Gasteiger partial charge in [0, 0.05) is 19.5 Å². The Balaban J connectivity index is 1.44. The van der Waals surface area contributed by atoms with Crippen LogP contribution in [-0.2, 0) is 9.63 Å². The van der Waals surface area contributed by atoms with Gasteiger partial charge >= 0.3 is 0 Å². The SMILES string of the molecule is O=C(Nc1ccccc1N1CCCCCC1)C1=NOC(c2ccccc2)C1. The van der Waals surface area contributed by atoms with Crippen LogP contribution in [0, 0.1) is 0 Å². The molecule has 27 heavy (non-hydrogen) atoms. The number of amides is 1. The van der Waals surface area contributed by atoms with E-state index >= 15 is 0 Å². The molecule has 0 saturated carbocycles. The number of rotatable bonds is 4. The second kappa shape index (κ2) is 8.25. The van der Waals surface area contributed by atoms with Gasteiger partial charge in [0.25, 0.3) is 5.91 Å². The second-order valence-corrected chi connectivity index (χ2v) is 7.12. The molecule has 1 N–H and O–H groups in total. The van der Waals surface area contributed by atoms with Gasteiger partial charge in [0.05, 0.1) is 11.4 Å². The molecule has 2 aromatic carbocycles. The number of hydrogen-bond donors (Lipinski definition) is 1. The molecule has 0 aromatic heterocycles. The lowest BCUT2D eigenvalue weighted by Crippen LogP contribution is -2.27. The lowest BCUT2D eigenvalue weighted by atomic mass is 10.0. The van der Waals surface area contributed by atoms with Crippen molar-refractivity contribution in [2.75, 3.05) is 23.3 Å². The van der Waals surface area contributed by atoms with Crippen molar-refractivity contribution in [2.24, 2.45) is 5.16 Å². The maximum absolute atomic E-state index is 12.8. The highest BCUT2D eigenvalue weighted by Crippen LogP contribution is 2.30. The molecule has 0 aliphatic carbocycles. The highest BCUT2D eigenvalue weighted by atomic mass is 16.6. The molecule has 1 saturated heterocycles. The Kier molecular flexibility index (Phi) is 5.37. The van der Waals surface area contributed by atoms with E-state index in [1.807, 2.05) is 48.5 Å². The number of para-hydroxylation sites is 2. The average molecular weight is 363 g/mol. The van der Waals surface area contributed by atoms with Crippen LogP contribution in [-0.4, -0.2) is 24.7 Å². The Labute approximate surface area is 160 Å². The molecule has 1 atom stereocenters. The molecule has 5 heteroatoms. The molecule has 1 unspecified atom stereocenters. The summed E-state index contributed by atoms with van der Waals surface area (Å²) in [6.45, 7) is 2.07. The third-order valence-electron chi connectivity index (χ3n) is 5.20. The summed E-state index contributed by atoms with van der Waals surface area (Å²) in [4.78, 5) is 20.6. The van der Waals surface area contributed by atoms with E-state index in [1.54, 1.807) is 0 Å². The predicted octanol–water partition coefficient (Wildman–Crippen LogP) is 4.52. The van der Waals surface area contributed by atoms with E-state index in [9.17, 15) is 4.79 Å².